The number of para-hydroxylation sites is 1. The SMILES string of the molecule is NC(N)=NOS(=O)(=O)CC(=O)C1CCOc2ccccc2C1. The van der Waals surface area contributed by atoms with Crippen molar-refractivity contribution in [2.45, 2.75) is 12.8 Å². The van der Waals surface area contributed by atoms with Gasteiger partial charge >= 0.3 is 10.1 Å². The molecule has 1 heterocycles. The number of Topliss-reactive ketones (excluding diaryl/α,β-unsaturated/α-hetero) is 1. The van der Waals surface area contributed by atoms with Gasteiger partial charge in [0.25, 0.3) is 0 Å². The summed E-state index contributed by atoms with van der Waals surface area (Å²) < 4.78 is 33.0. The van der Waals surface area contributed by atoms with Gasteiger partial charge in [-0.15, -0.1) is 0 Å². The predicted octanol–water partition coefficient (Wildman–Crippen LogP) is -0.268. The Balaban J connectivity index is 2.06. The second kappa shape index (κ2) is 6.65. The third kappa shape index (κ3) is 4.35. The molecule has 1 aliphatic heterocycles. The van der Waals surface area contributed by atoms with Crippen LogP contribution in [0.4, 0.5) is 0 Å². The maximum absolute atomic E-state index is 12.2. The summed E-state index contributed by atoms with van der Waals surface area (Å²) in [7, 11) is -4.15. The first-order chi connectivity index (χ1) is 10.4. The van der Waals surface area contributed by atoms with Gasteiger partial charge in [-0.25, -0.2) is 0 Å². The lowest BCUT2D eigenvalue weighted by Gasteiger charge is -2.11. The Morgan fingerprint density at radius 1 is 1.36 bits per heavy atom. The van der Waals surface area contributed by atoms with E-state index in [4.69, 9.17) is 16.2 Å². The first kappa shape index (κ1) is 16.1. The van der Waals surface area contributed by atoms with Crippen molar-refractivity contribution in [3.63, 3.8) is 0 Å². The maximum atomic E-state index is 12.2. The van der Waals surface area contributed by atoms with Gasteiger partial charge in [0.1, 0.15) is 11.5 Å². The lowest BCUT2D eigenvalue weighted by Crippen LogP contribution is -2.28. The van der Waals surface area contributed by atoms with Crippen LogP contribution in [0.5, 0.6) is 5.75 Å². The van der Waals surface area contributed by atoms with Crippen molar-refractivity contribution in [3.8, 4) is 5.75 Å². The molecule has 1 unspecified atom stereocenters. The topological polar surface area (TPSA) is 134 Å². The predicted molar refractivity (Wildman–Crippen MR) is 79.4 cm³/mol. The zero-order chi connectivity index (χ0) is 16.2. The molecule has 2 rings (SSSR count). The molecular weight excluding hydrogens is 310 g/mol. The maximum Gasteiger partial charge on any atom is 0.335 e. The van der Waals surface area contributed by atoms with Crippen molar-refractivity contribution in [1.82, 2.24) is 0 Å². The van der Waals surface area contributed by atoms with Crippen molar-refractivity contribution in [1.29, 1.82) is 0 Å². The normalized spacial score (nSPS) is 17.5. The molecule has 0 fully saturated rings. The van der Waals surface area contributed by atoms with E-state index >= 15 is 0 Å². The summed E-state index contributed by atoms with van der Waals surface area (Å²) >= 11 is 0. The minimum absolute atomic E-state index is 0.349. The molecule has 4 N–H and O–H groups in total. The Bertz CT molecular complexity index is 683. The molecule has 0 aliphatic carbocycles. The number of carbonyl (C=O) groups is 1. The summed E-state index contributed by atoms with van der Waals surface area (Å²) in [6.45, 7) is 0.349. The number of fused-ring (bicyclic) bond motifs is 1. The van der Waals surface area contributed by atoms with Gasteiger partial charge < -0.3 is 16.2 Å². The number of hydrogen-bond acceptors (Lipinski definition) is 6. The second-order valence-electron chi connectivity index (χ2n) is 4.90. The van der Waals surface area contributed by atoms with Gasteiger partial charge in [-0.2, -0.15) is 8.42 Å². The van der Waals surface area contributed by atoms with Gasteiger partial charge in [-0.05, 0) is 29.6 Å². The highest BCUT2D eigenvalue weighted by Crippen LogP contribution is 2.27. The van der Waals surface area contributed by atoms with Crippen LogP contribution in [0.3, 0.4) is 0 Å². The number of ketones is 1. The molecule has 0 amide bonds. The van der Waals surface area contributed by atoms with Gasteiger partial charge in [-0.1, -0.05) is 18.2 Å². The summed E-state index contributed by atoms with van der Waals surface area (Å²) in [6, 6.07) is 7.36. The van der Waals surface area contributed by atoms with Crippen LogP contribution in [-0.2, 0) is 25.6 Å². The number of carbonyl (C=O) groups excluding carboxylic acids is 1. The van der Waals surface area contributed by atoms with E-state index in [0.29, 0.717) is 19.4 Å². The molecule has 1 aliphatic rings. The molecule has 0 bridgehead atoms. The Labute approximate surface area is 128 Å². The number of ether oxygens (including phenoxy) is 1. The van der Waals surface area contributed by atoms with Crippen molar-refractivity contribution < 1.29 is 22.2 Å². The van der Waals surface area contributed by atoms with Crippen molar-refractivity contribution in [2.24, 2.45) is 22.5 Å². The van der Waals surface area contributed by atoms with E-state index < -0.39 is 33.5 Å². The van der Waals surface area contributed by atoms with Crippen molar-refractivity contribution in [2.75, 3.05) is 12.4 Å². The quantitative estimate of drug-likeness (QED) is 0.432. The molecule has 22 heavy (non-hydrogen) atoms. The second-order valence-corrected chi connectivity index (χ2v) is 6.46. The summed E-state index contributed by atoms with van der Waals surface area (Å²) in [5.74, 6) is -1.51. The minimum atomic E-state index is -4.15. The van der Waals surface area contributed by atoms with E-state index in [2.05, 4.69) is 9.44 Å². The van der Waals surface area contributed by atoms with Crippen LogP contribution in [0.1, 0.15) is 12.0 Å². The first-order valence-corrected chi connectivity index (χ1v) is 8.19. The zero-order valence-electron chi connectivity index (χ0n) is 11.8. The van der Waals surface area contributed by atoms with E-state index in [1.165, 1.54) is 0 Å². The Morgan fingerprint density at radius 2 is 2.09 bits per heavy atom. The molecule has 0 saturated carbocycles. The van der Waals surface area contributed by atoms with Crippen LogP contribution in [0.25, 0.3) is 0 Å². The Kier molecular flexibility index (Phi) is 4.86. The largest absolute Gasteiger partial charge is 0.493 e. The third-order valence-electron chi connectivity index (χ3n) is 3.19. The fourth-order valence-electron chi connectivity index (χ4n) is 2.19. The van der Waals surface area contributed by atoms with Crippen LogP contribution < -0.4 is 16.2 Å². The fourth-order valence-corrected chi connectivity index (χ4v) is 3.02. The summed E-state index contributed by atoms with van der Waals surface area (Å²) in [6.07, 6.45) is 0.859. The minimum Gasteiger partial charge on any atom is -0.493 e. The molecule has 1 aromatic rings. The molecule has 8 nitrogen and oxygen atoms in total. The molecule has 0 aromatic heterocycles. The van der Waals surface area contributed by atoms with Crippen molar-refractivity contribution in [3.05, 3.63) is 29.8 Å². The van der Waals surface area contributed by atoms with Gasteiger partial charge in [0.05, 0.1) is 6.61 Å². The smallest absolute Gasteiger partial charge is 0.335 e. The van der Waals surface area contributed by atoms with Crippen LogP contribution in [0.15, 0.2) is 29.4 Å². The van der Waals surface area contributed by atoms with Gasteiger partial charge in [0, 0.05) is 5.92 Å². The molecule has 1 atom stereocenters. The summed E-state index contributed by atoms with van der Waals surface area (Å²) in [4.78, 5) is 12.2. The fraction of sp³-hybridized carbons (Fsp3) is 0.385. The molecule has 0 spiro atoms. The molecule has 0 saturated heterocycles. The van der Waals surface area contributed by atoms with Gasteiger partial charge in [0.2, 0.25) is 5.96 Å². The van der Waals surface area contributed by atoms with E-state index in [0.717, 1.165) is 11.3 Å². The number of guanidine groups is 1. The van der Waals surface area contributed by atoms with E-state index in [1.54, 1.807) is 0 Å². The first-order valence-electron chi connectivity index (χ1n) is 6.61. The molecule has 1 aromatic carbocycles. The van der Waals surface area contributed by atoms with Crippen LogP contribution in [-0.4, -0.2) is 32.5 Å². The van der Waals surface area contributed by atoms with E-state index in [9.17, 15) is 13.2 Å². The van der Waals surface area contributed by atoms with Crippen LogP contribution >= 0.6 is 0 Å². The van der Waals surface area contributed by atoms with E-state index in [-0.39, 0.29) is 0 Å². The lowest BCUT2D eigenvalue weighted by molar-refractivity contribution is -0.120. The van der Waals surface area contributed by atoms with Crippen LogP contribution in [0.2, 0.25) is 0 Å². The third-order valence-corrected chi connectivity index (χ3v) is 4.13. The molecule has 0 radical (unpaired) electrons. The standard InChI is InChI=1S/C13H17N3O5S/c14-13(15)16-21-22(18,19)8-11(17)9-5-6-20-12-4-2-1-3-10(12)7-9/h1-4,9H,5-8H2,(H4,14,15,16). The Hall–Kier alpha value is -2.29. The number of rotatable bonds is 5. The van der Waals surface area contributed by atoms with Gasteiger partial charge in [-0.3, -0.25) is 9.08 Å². The lowest BCUT2D eigenvalue weighted by atomic mass is 9.94. The average molecular weight is 327 g/mol. The monoisotopic (exact) mass is 327 g/mol. The number of benzene rings is 1. The van der Waals surface area contributed by atoms with Crippen LogP contribution in [0, 0.1) is 5.92 Å². The van der Waals surface area contributed by atoms with E-state index in [1.807, 2.05) is 24.3 Å². The molecule has 120 valence electrons. The molecule has 9 heteroatoms. The number of nitrogens with two attached hydrogens (primary N) is 2. The van der Waals surface area contributed by atoms with Gasteiger partial charge in [0.15, 0.2) is 5.78 Å². The molecular formula is C13H17N3O5S. The Morgan fingerprint density at radius 3 is 2.82 bits per heavy atom. The highest BCUT2D eigenvalue weighted by Gasteiger charge is 2.28. The average Bonchev–Trinajstić information content (AvgIpc) is 2.67. The summed E-state index contributed by atoms with van der Waals surface area (Å²) in [5.41, 5.74) is 10.8. The highest BCUT2D eigenvalue weighted by molar-refractivity contribution is 7.87. The highest BCUT2D eigenvalue weighted by atomic mass is 32.2. The number of hydrogen-bond donors (Lipinski definition) is 2. The van der Waals surface area contributed by atoms with Crippen molar-refractivity contribution >= 4 is 21.9 Å². The zero-order valence-corrected chi connectivity index (χ0v) is 12.6. The number of nitrogens with zero attached hydrogens (tertiary/aromatic N) is 1. The number of oxime groups is 1. The summed E-state index contributed by atoms with van der Waals surface area (Å²) in [5, 5.41) is 2.96.